The summed E-state index contributed by atoms with van der Waals surface area (Å²) in [6, 6.07) is 5.53. The number of nitrogens with zero attached hydrogens (tertiary/aromatic N) is 2. The average Bonchev–Trinajstić information content (AvgIpc) is 3.07. The highest BCUT2D eigenvalue weighted by Crippen LogP contribution is 2.32. The van der Waals surface area contributed by atoms with E-state index >= 15 is 0 Å². The highest BCUT2D eigenvalue weighted by Gasteiger charge is 2.27. The number of thiazole rings is 1. The average molecular weight is 565 g/mol. The number of benzene rings is 1. The molecule has 1 aliphatic carbocycles. The van der Waals surface area contributed by atoms with Crippen LogP contribution in [0.25, 0.3) is 0 Å². The Kier molecular flexibility index (Phi) is 10.8. The standard InChI is InChI=1S/C23H34ClN5O3S2.ClH/c1-14(2)13-34(31,32)28-17-8-6-16(7-9-17)26-23-27-22(25)21(33-23)20(30)18-10-5-15(11-19(18)24)12-29(3)4;/h5,10-11,14,16-17,28H,6-9,12-13,25H2,1-4H3,(H,26,27);1H. The summed E-state index contributed by atoms with van der Waals surface area (Å²) in [6.07, 6.45) is 3.10. The van der Waals surface area contributed by atoms with Gasteiger partial charge in [0.2, 0.25) is 15.8 Å². The lowest BCUT2D eigenvalue weighted by atomic mass is 9.92. The highest BCUT2D eigenvalue weighted by molar-refractivity contribution is 7.89. The van der Waals surface area contributed by atoms with Gasteiger partial charge in [-0.2, -0.15) is 0 Å². The Morgan fingerprint density at radius 2 is 1.86 bits per heavy atom. The molecular weight excluding hydrogens is 529 g/mol. The van der Waals surface area contributed by atoms with E-state index in [0.29, 0.717) is 20.6 Å². The van der Waals surface area contributed by atoms with Gasteiger partial charge in [-0.15, -0.1) is 12.4 Å². The van der Waals surface area contributed by atoms with E-state index < -0.39 is 10.0 Å². The van der Waals surface area contributed by atoms with Crippen LogP contribution in [0.5, 0.6) is 0 Å². The predicted molar refractivity (Wildman–Crippen MR) is 147 cm³/mol. The van der Waals surface area contributed by atoms with Crippen molar-refractivity contribution in [2.75, 3.05) is 30.9 Å². The number of nitrogen functional groups attached to an aromatic ring is 1. The molecule has 0 radical (unpaired) electrons. The number of aromatic nitrogens is 1. The van der Waals surface area contributed by atoms with Crippen LogP contribution in [0.1, 0.15) is 60.3 Å². The van der Waals surface area contributed by atoms with Crippen molar-refractivity contribution in [2.24, 2.45) is 5.92 Å². The van der Waals surface area contributed by atoms with Crippen LogP contribution < -0.4 is 15.8 Å². The van der Waals surface area contributed by atoms with Crippen molar-refractivity contribution in [1.82, 2.24) is 14.6 Å². The molecule has 1 aromatic heterocycles. The van der Waals surface area contributed by atoms with Crippen LogP contribution >= 0.6 is 35.3 Å². The summed E-state index contributed by atoms with van der Waals surface area (Å²) in [5.74, 6) is 0.172. The van der Waals surface area contributed by atoms with E-state index in [4.69, 9.17) is 17.3 Å². The van der Waals surface area contributed by atoms with Gasteiger partial charge in [-0.05, 0) is 63.4 Å². The van der Waals surface area contributed by atoms with Crippen LogP contribution in [0.3, 0.4) is 0 Å². The van der Waals surface area contributed by atoms with Crippen LogP contribution in [-0.2, 0) is 16.6 Å². The number of ketones is 1. The molecule has 0 unspecified atom stereocenters. The SMILES string of the molecule is CC(C)CS(=O)(=O)NC1CCC(Nc2nc(N)c(C(=O)c3ccc(CN(C)C)cc3Cl)s2)CC1.Cl. The van der Waals surface area contributed by atoms with E-state index in [2.05, 4.69) is 15.0 Å². The first kappa shape index (κ1) is 29.8. The van der Waals surface area contributed by atoms with Gasteiger partial charge in [-0.3, -0.25) is 4.79 Å². The highest BCUT2D eigenvalue weighted by atomic mass is 35.5. The summed E-state index contributed by atoms with van der Waals surface area (Å²) in [7, 11) is 0.684. The minimum atomic E-state index is -3.26. The second kappa shape index (κ2) is 12.7. The van der Waals surface area contributed by atoms with Gasteiger partial charge >= 0.3 is 0 Å². The second-order valence-electron chi connectivity index (χ2n) is 9.60. The number of nitrogens with two attached hydrogens (primary N) is 1. The molecule has 8 nitrogen and oxygen atoms in total. The van der Waals surface area contributed by atoms with E-state index in [1.165, 1.54) is 11.3 Å². The van der Waals surface area contributed by atoms with Crippen molar-refractivity contribution in [3.8, 4) is 0 Å². The molecule has 196 valence electrons. The monoisotopic (exact) mass is 563 g/mol. The first-order valence-corrected chi connectivity index (χ1v) is 14.3. The summed E-state index contributed by atoms with van der Waals surface area (Å²) < 4.78 is 27.2. The predicted octanol–water partition coefficient (Wildman–Crippen LogP) is 4.39. The number of sulfonamides is 1. The maximum absolute atomic E-state index is 13.1. The molecule has 0 bridgehead atoms. The molecular formula is C23H35Cl2N5O3S2. The Morgan fingerprint density at radius 3 is 2.43 bits per heavy atom. The van der Waals surface area contributed by atoms with Crippen LogP contribution in [0.2, 0.25) is 5.02 Å². The van der Waals surface area contributed by atoms with Gasteiger partial charge in [0.15, 0.2) is 5.13 Å². The zero-order valence-electron chi connectivity index (χ0n) is 20.5. The normalized spacial score (nSPS) is 18.5. The number of anilines is 2. The first-order valence-electron chi connectivity index (χ1n) is 11.4. The van der Waals surface area contributed by atoms with E-state index in [-0.39, 0.29) is 47.8 Å². The van der Waals surface area contributed by atoms with Crippen LogP contribution in [0.15, 0.2) is 18.2 Å². The summed E-state index contributed by atoms with van der Waals surface area (Å²) in [4.78, 5) is 19.8. The van der Waals surface area contributed by atoms with Gasteiger partial charge in [-0.25, -0.2) is 18.1 Å². The van der Waals surface area contributed by atoms with Crippen molar-refractivity contribution in [1.29, 1.82) is 0 Å². The fourth-order valence-corrected chi connectivity index (χ4v) is 7.08. The van der Waals surface area contributed by atoms with E-state index in [1.54, 1.807) is 12.1 Å². The lowest BCUT2D eigenvalue weighted by Gasteiger charge is -2.29. The zero-order chi connectivity index (χ0) is 25.0. The van der Waals surface area contributed by atoms with Crippen molar-refractivity contribution in [2.45, 2.75) is 58.2 Å². The number of carbonyl (C=O) groups is 1. The molecule has 1 aromatic carbocycles. The molecule has 35 heavy (non-hydrogen) atoms. The van der Waals surface area contributed by atoms with Crippen LogP contribution in [0, 0.1) is 5.92 Å². The molecule has 12 heteroatoms. The lowest BCUT2D eigenvalue weighted by molar-refractivity contribution is 0.104. The third kappa shape index (κ3) is 8.58. The maximum Gasteiger partial charge on any atom is 0.212 e. The molecule has 4 N–H and O–H groups in total. The Labute approximate surface area is 223 Å². The number of nitrogens with one attached hydrogen (secondary N) is 2. The van der Waals surface area contributed by atoms with Gasteiger partial charge < -0.3 is 16.0 Å². The summed E-state index contributed by atoms with van der Waals surface area (Å²) in [6.45, 7) is 4.52. The van der Waals surface area contributed by atoms with Crippen molar-refractivity contribution in [3.63, 3.8) is 0 Å². The molecule has 0 aliphatic heterocycles. The van der Waals surface area contributed by atoms with Gasteiger partial charge in [0.05, 0.1) is 10.8 Å². The molecule has 0 atom stereocenters. The molecule has 1 aliphatic rings. The topological polar surface area (TPSA) is 117 Å². The van der Waals surface area contributed by atoms with Crippen LogP contribution in [0.4, 0.5) is 10.9 Å². The van der Waals surface area contributed by atoms with E-state index in [0.717, 1.165) is 37.8 Å². The minimum absolute atomic E-state index is 0. The Bertz CT molecular complexity index is 1110. The van der Waals surface area contributed by atoms with E-state index in [9.17, 15) is 13.2 Å². The first-order chi connectivity index (χ1) is 15.9. The quantitative estimate of drug-likeness (QED) is 0.367. The Hall–Kier alpha value is -1.43. The van der Waals surface area contributed by atoms with Crippen LogP contribution in [-0.4, -0.2) is 56.0 Å². The van der Waals surface area contributed by atoms with Crippen molar-refractivity contribution >= 4 is 62.1 Å². The molecule has 0 saturated heterocycles. The van der Waals surface area contributed by atoms with Gasteiger partial charge in [-0.1, -0.05) is 42.9 Å². The lowest BCUT2D eigenvalue weighted by Crippen LogP contribution is -2.41. The van der Waals surface area contributed by atoms with Gasteiger partial charge in [0, 0.05) is 24.2 Å². The molecule has 1 fully saturated rings. The van der Waals surface area contributed by atoms with Crippen molar-refractivity contribution in [3.05, 3.63) is 39.2 Å². The fraction of sp³-hybridized carbons (Fsp3) is 0.565. The zero-order valence-corrected chi connectivity index (χ0v) is 23.7. The smallest absolute Gasteiger partial charge is 0.212 e. The van der Waals surface area contributed by atoms with Gasteiger partial charge in [0.25, 0.3) is 0 Å². The summed E-state index contributed by atoms with van der Waals surface area (Å²) in [5, 5.41) is 4.35. The summed E-state index contributed by atoms with van der Waals surface area (Å²) >= 11 is 7.62. The molecule has 3 rings (SSSR count). The molecule has 0 amide bonds. The molecule has 1 heterocycles. The summed E-state index contributed by atoms with van der Waals surface area (Å²) in [5.41, 5.74) is 7.50. The number of hydrogen-bond acceptors (Lipinski definition) is 8. The Morgan fingerprint density at radius 1 is 1.23 bits per heavy atom. The number of rotatable bonds is 10. The number of carbonyl (C=O) groups excluding carboxylic acids is 1. The molecule has 0 spiro atoms. The number of halogens is 2. The third-order valence-corrected chi connectivity index (χ3v) is 8.70. The van der Waals surface area contributed by atoms with Crippen molar-refractivity contribution < 1.29 is 13.2 Å². The second-order valence-corrected chi connectivity index (χ2v) is 12.8. The fourth-order valence-electron chi connectivity index (χ4n) is 4.16. The van der Waals surface area contributed by atoms with E-state index in [1.807, 2.05) is 38.9 Å². The molecule has 2 aromatic rings. The minimum Gasteiger partial charge on any atom is -0.382 e. The maximum atomic E-state index is 13.1. The van der Waals surface area contributed by atoms with Gasteiger partial charge in [0.1, 0.15) is 10.7 Å². The number of hydrogen-bond donors (Lipinski definition) is 3. The molecule has 1 saturated carbocycles. The largest absolute Gasteiger partial charge is 0.382 e. The Balaban J connectivity index is 0.00000432. The third-order valence-electron chi connectivity index (χ3n) is 5.59.